The molecule has 1 aromatic rings. The summed E-state index contributed by atoms with van der Waals surface area (Å²) in [6.45, 7) is 4.25. The minimum atomic E-state index is -0.956. The second kappa shape index (κ2) is 5.76. The molecule has 1 saturated heterocycles. The Morgan fingerprint density at radius 1 is 1.33 bits per heavy atom. The quantitative estimate of drug-likeness (QED) is 0.928. The minimum Gasteiger partial charge on any atom is -0.496 e. The average Bonchev–Trinajstić information content (AvgIpc) is 2.44. The molecule has 2 rings (SSSR count). The topological polar surface area (TPSA) is 66.8 Å². The zero-order valence-electron chi connectivity index (χ0n) is 12.6. The van der Waals surface area contributed by atoms with Gasteiger partial charge in [0.2, 0.25) is 0 Å². The molecule has 21 heavy (non-hydrogen) atoms. The largest absolute Gasteiger partial charge is 0.496 e. The predicted molar refractivity (Wildman–Crippen MR) is 78.5 cm³/mol. The van der Waals surface area contributed by atoms with Crippen LogP contribution in [0.5, 0.6) is 5.75 Å². The Kier molecular flexibility index (Phi) is 4.21. The van der Waals surface area contributed by atoms with Gasteiger partial charge in [0.1, 0.15) is 11.8 Å². The van der Waals surface area contributed by atoms with Gasteiger partial charge < -0.3 is 14.7 Å². The third-order valence-electron chi connectivity index (χ3n) is 4.10. The first-order chi connectivity index (χ1) is 9.88. The van der Waals surface area contributed by atoms with Crippen molar-refractivity contribution in [2.75, 3.05) is 13.7 Å². The van der Waals surface area contributed by atoms with Gasteiger partial charge >= 0.3 is 5.97 Å². The highest BCUT2D eigenvalue weighted by atomic mass is 16.5. The van der Waals surface area contributed by atoms with E-state index in [1.54, 1.807) is 24.3 Å². The number of piperidine rings is 1. The third kappa shape index (κ3) is 2.86. The van der Waals surface area contributed by atoms with E-state index in [0.29, 0.717) is 17.9 Å². The van der Waals surface area contributed by atoms with Gasteiger partial charge in [0.15, 0.2) is 0 Å². The normalized spacial score (nSPS) is 20.9. The molecule has 0 radical (unpaired) electrons. The SMILES string of the molecule is COc1ccccc1C(=O)N1CCCC(C)(C)C1C(=O)O. The van der Waals surface area contributed by atoms with E-state index in [-0.39, 0.29) is 5.91 Å². The van der Waals surface area contributed by atoms with Crippen LogP contribution in [-0.4, -0.2) is 41.6 Å². The van der Waals surface area contributed by atoms with Gasteiger partial charge in [-0.1, -0.05) is 26.0 Å². The Morgan fingerprint density at radius 2 is 2.00 bits per heavy atom. The number of amides is 1. The van der Waals surface area contributed by atoms with Gasteiger partial charge in [0.25, 0.3) is 5.91 Å². The molecule has 0 aliphatic carbocycles. The lowest BCUT2D eigenvalue weighted by molar-refractivity contribution is -0.148. The van der Waals surface area contributed by atoms with E-state index < -0.39 is 17.4 Å². The van der Waals surface area contributed by atoms with Crippen LogP contribution in [0.15, 0.2) is 24.3 Å². The fourth-order valence-corrected chi connectivity index (χ4v) is 3.06. The van der Waals surface area contributed by atoms with Crippen LogP contribution in [-0.2, 0) is 4.79 Å². The first kappa shape index (κ1) is 15.4. The van der Waals surface area contributed by atoms with E-state index in [9.17, 15) is 14.7 Å². The summed E-state index contributed by atoms with van der Waals surface area (Å²) in [5, 5.41) is 9.54. The molecule has 1 aliphatic rings. The number of aliphatic carboxylic acids is 1. The number of carbonyl (C=O) groups excluding carboxylic acids is 1. The summed E-state index contributed by atoms with van der Waals surface area (Å²) in [7, 11) is 1.50. The van der Waals surface area contributed by atoms with E-state index in [0.717, 1.165) is 12.8 Å². The van der Waals surface area contributed by atoms with E-state index in [1.807, 2.05) is 13.8 Å². The Bertz CT molecular complexity index is 553. The van der Waals surface area contributed by atoms with Crippen LogP contribution in [0.3, 0.4) is 0 Å². The van der Waals surface area contributed by atoms with Crippen LogP contribution in [0.1, 0.15) is 37.0 Å². The number of methoxy groups -OCH3 is 1. The standard InChI is InChI=1S/C16H21NO4/c1-16(2)9-6-10-17(13(16)15(19)20)14(18)11-7-4-5-8-12(11)21-3/h4-5,7-8,13H,6,9-10H2,1-3H3,(H,19,20). The first-order valence-electron chi connectivity index (χ1n) is 7.05. The zero-order chi connectivity index (χ0) is 15.6. The molecule has 0 saturated carbocycles. The predicted octanol–water partition coefficient (Wildman–Crippen LogP) is 2.41. The highest BCUT2D eigenvalue weighted by Crippen LogP contribution is 2.36. The summed E-state index contributed by atoms with van der Waals surface area (Å²) in [6.07, 6.45) is 1.59. The van der Waals surface area contributed by atoms with Crippen molar-refractivity contribution in [1.82, 2.24) is 4.90 Å². The molecule has 0 spiro atoms. The molecule has 5 nitrogen and oxygen atoms in total. The number of carbonyl (C=O) groups is 2. The van der Waals surface area contributed by atoms with Crippen molar-refractivity contribution in [2.24, 2.45) is 5.41 Å². The summed E-state index contributed by atoms with van der Waals surface area (Å²) in [5.74, 6) is -0.773. The first-order valence-corrected chi connectivity index (χ1v) is 7.05. The molecule has 1 heterocycles. The second-order valence-electron chi connectivity index (χ2n) is 6.03. The number of hydrogen-bond acceptors (Lipinski definition) is 3. The molecule has 1 aromatic carbocycles. The maximum absolute atomic E-state index is 12.8. The molecular formula is C16H21NO4. The van der Waals surface area contributed by atoms with Crippen molar-refractivity contribution in [1.29, 1.82) is 0 Å². The molecule has 1 atom stereocenters. The van der Waals surface area contributed by atoms with E-state index >= 15 is 0 Å². The van der Waals surface area contributed by atoms with Crippen LogP contribution in [0.25, 0.3) is 0 Å². The fraction of sp³-hybridized carbons (Fsp3) is 0.500. The van der Waals surface area contributed by atoms with Gasteiger partial charge in [-0.2, -0.15) is 0 Å². The molecular weight excluding hydrogens is 270 g/mol. The fourth-order valence-electron chi connectivity index (χ4n) is 3.06. The number of carboxylic acids is 1. The lowest BCUT2D eigenvalue weighted by atomic mass is 9.76. The summed E-state index contributed by atoms with van der Waals surface area (Å²) < 4.78 is 5.21. The van der Waals surface area contributed by atoms with Gasteiger partial charge in [0, 0.05) is 6.54 Å². The van der Waals surface area contributed by atoms with Crippen LogP contribution in [0.2, 0.25) is 0 Å². The van der Waals surface area contributed by atoms with Crippen LogP contribution < -0.4 is 4.74 Å². The summed E-state index contributed by atoms with van der Waals surface area (Å²) in [5.41, 5.74) is -0.0363. The van der Waals surface area contributed by atoms with E-state index in [4.69, 9.17) is 4.74 Å². The van der Waals surface area contributed by atoms with Crippen molar-refractivity contribution in [3.05, 3.63) is 29.8 Å². The van der Waals surface area contributed by atoms with E-state index in [2.05, 4.69) is 0 Å². The number of ether oxygens (including phenoxy) is 1. The van der Waals surface area contributed by atoms with Gasteiger partial charge in [-0.05, 0) is 30.4 Å². The van der Waals surface area contributed by atoms with Crippen molar-refractivity contribution < 1.29 is 19.4 Å². The average molecular weight is 291 g/mol. The minimum absolute atomic E-state index is 0.285. The van der Waals surface area contributed by atoms with Gasteiger partial charge in [0.05, 0.1) is 12.7 Å². The van der Waals surface area contributed by atoms with Crippen LogP contribution in [0, 0.1) is 5.41 Å². The maximum atomic E-state index is 12.8. The number of rotatable bonds is 3. The number of hydrogen-bond donors (Lipinski definition) is 1. The molecule has 1 amide bonds. The summed E-state index contributed by atoms with van der Waals surface area (Å²) >= 11 is 0. The Balaban J connectivity index is 2.38. The molecule has 1 N–H and O–H groups in total. The van der Waals surface area contributed by atoms with Gasteiger partial charge in [-0.15, -0.1) is 0 Å². The van der Waals surface area contributed by atoms with Gasteiger partial charge in [-0.25, -0.2) is 4.79 Å². The Hall–Kier alpha value is -2.04. The molecule has 1 unspecified atom stereocenters. The van der Waals surface area contributed by atoms with Crippen LogP contribution in [0.4, 0.5) is 0 Å². The second-order valence-corrected chi connectivity index (χ2v) is 6.03. The third-order valence-corrected chi connectivity index (χ3v) is 4.10. The van der Waals surface area contributed by atoms with Gasteiger partial charge in [-0.3, -0.25) is 4.79 Å². The number of likely N-dealkylation sites (tertiary alicyclic amines) is 1. The van der Waals surface area contributed by atoms with Crippen LogP contribution >= 0.6 is 0 Å². The van der Waals surface area contributed by atoms with E-state index in [1.165, 1.54) is 12.0 Å². The summed E-state index contributed by atoms with van der Waals surface area (Å²) in [4.78, 5) is 25.9. The Labute approximate surface area is 124 Å². The van der Waals surface area contributed by atoms with Crippen molar-refractivity contribution in [2.45, 2.75) is 32.7 Å². The summed E-state index contributed by atoms with van der Waals surface area (Å²) in [6, 6.07) is 6.09. The number of para-hydroxylation sites is 1. The van der Waals surface area contributed by atoms with Crippen molar-refractivity contribution in [3.8, 4) is 5.75 Å². The number of nitrogens with zero attached hydrogens (tertiary/aromatic N) is 1. The Morgan fingerprint density at radius 3 is 2.62 bits per heavy atom. The highest BCUT2D eigenvalue weighted by Gasteiger charge is 2.45. The van der Waals surface area contributed by atoms with Crippen molar-refractivity contribution in [3.63, 3.8) is 0 Å². The van der Waals surface area contributed by atoms with Crippen molar-refractivity contribution >= 4 is 11.9 Å². The number of carboxylic acid groups (broad SMARTS) is 1. The number of benzene rings is 1. The smallest absolute Gasteiger partial charge is 0.326 e. The molecule has 5 heteroatoms. The molecule has 0 bridgehead atoms. The lowest BCUT2D eigenvalue weighted by Gasteiger charge is -2.44. The lowest BCUT2D eigenvalue weighted by Crippen LogP contribution is -2.56. The monoisotopic (exact) mass is 291 g/mol. The molecule has 1 aliphatic heterocycles. The maximum Gasteiger partial charge on any atom is 0.326 e. The molecule has 1 fully saturated rings. The molecule has 114 valence electrons. The highest BCUT2D eigenvalue weighted by molar-refractivity contribution is 5.99. The zero-order valence-corrected chi connectivity index (χ0v) is 12.6. The molecule has 0 aromatic heterocycles.